The minimum absolute atomic E-state index is 0.282. The highest BCUT2D eigenvalue weighted by Crippen LogP contribution is 2.14. The maximum absolute atomic E-state index is 13.4. The fourth-order valence-corrected chi connectivity index (χ4v) is 1.88. The van der Waals surface area contributed by atoms with Crippen molar-refractivity contribution in [2.75, 3.05) is 14.2 Å². The van der Waals surface area contributed by atoms with Gasteiger partial charge in [-0.05, 0) is 25.3 Å². The Kier molecular flexibility index (Phi) is 7.15. The lowest BCUT2D eigenvalue weighted by molar-refractivity contribution is -0.159. The van der Waals surface area contributed by atoms with Crippen LogP contribution in [-0.4, -0.2) is 26.2 Å². The van der Waals surface area contributed by atoms with Gasteiger partial charge in [-0.2, -0.15) is 0 Å². The van der Waals surface area contributed by atoms with E-state index in [0.29, 0.717) is 24.8 Å². The first-order chi connectivity index (χ1) is 10.1. The molecule has 0 saturated heterocycles. The molecule has 0 atom stereocenters. The molecule has 0 aliphatic heterocycles. The Morgan fingerprint density at radius 3 is 2.38 bits per heavy atom. The lowest BCUT2D eigenvalue weighted by Gasteiger charge is -2.11. The molecule has 0 aliphatic rings. The van der Waals surface area contributed by atoms with E-state index in [4.69, 9.17) is 0 Å². The molecule has 1 aromatic rings. The van der Waals surface area contributed by atoms with Crippen molar-refractivity contribution in [3.05, 3.63) is 41.7 Å². The van der Waals surface area contributed by atoms with Crippen LogP contribution >= 0.6 is 0 Å². The van der Waals surface area contributed by atoms with Crippen LogP contribution in [0.2, 0.25) is 0 Å². The van der Waals surface area contributed by atoms with Crippen molar-refractivity contribution in [1.82, 2.24) is 0 Å². The van der Waals surface area contributed by atoms with Gasteiger partial charge >= 0.3 is 11.9 Å². The molecule has 0 fully saturated rings. The van der Waals surface area contributed by atoms with Gasteiger partial charge in [0.1, 0.15) is 5.82 Å². The first-order valence-electron chi connectivity index (χ1n) is 6.67. The van der Waals surface area contributed by atoms with Gasteiger partial charge in [0.2, 0.25) is 0 Å². The Balaban J connectivity index is 2.46. The lowest BCUT2D eigenvalue weighted by Crippen LogP contribution is -2.26. The molecule has 0 N–H and O–H groups in total. The van der Waals surface area contributed by atoms with Crippen molar-refractivity contribution < 1.29 is 23.5 Å². The van der Waals surface area contributed by atoms with Gasteiger partial charge in [0, 0.05) is 5.56 Å². The Hall–Kier alpha value is -2.17. The highest BCUT2D eigenvalue weighted by atomic mass is 19.1. The van der Waals surface area contributed by atoms with Gasteiger partial charge in [-0.1, -0.05) is 30.4 Å². The summed E-state index contributed by atoms with van der Waals surface area (Å²) in [5.74, 6) is -2.38. The Morgan fingerprint density at radius 1 is 1.19 bits per heavy atom. The summed E-state index contributed by atoms with van der Waals surface area (Å²) in [5, 5.41) is 0. The third-order valence-corrected chi connectivity index (χ3v) is 3.04. The average molecular weight is 294 g/mol. The summed E-state index contributed by atoms with van der Waals surface area (Å²) in [4.78, 5) is 22.9. The SMILES string of the molecule is COC(=O)C(CCC/C=C/c1ccccc1F)C(=O)OC. The molecule has 0 unspecified atom stereocenters. The first-order valence-corrected chi connectivity index (χ1v) is 6.67. The average Bonchev–Trinajstić information content (AvgIpc) is 2.51. The molecule has 0 saturated carbocycles. The minimum Gasteiger partial charge on any atom is -0.468 e. The second kappa shape index (κ2) is 8.89. The number of allylic oxidation sites excluding steroid dienone is 1. The predicted molar refractivity (Wildman–Crippen MR) is 76.8 cm³/mol. The van der Waals surface area contributed by atoms with Gasteiger partial charge in [0.25, 0.3) is 0 Å². The maximum atomic E-state index is 13.4. The van der Waals surface area contributed by atoms with Crippen LogP contribution in [0.3, 0.4) is 0 Å². The van der Waals surface area contributed by atoms with Crippen molar-refractivity contribution in [2.24, 2.45) is 5.92 Å². The second-order valence-corrected chi connectivity index (χ2v) is 4.45. The summed E-state index contributed by atoms with van der Waals surface area (Å²) in [6.45, 7) is 0. The van der Waals surface area contributed by atoms with E-state index in [-0.39, 0.29) is 5.82 Å². The third kappa shape index (κ3) is 5.38. The smallest absolute Gasteiger partial charge is 0.320 e. The van der Waals surface area contributed by atoms with Gasteiger partial charge in [-0.15, -0.1) is 0 Å². The van der Waals surface area contributed by atoms with E-state index >= 15 is 0 Å². The van der Waals surface area contributed by atoms with E-state index in [1.54, 1.807) is 24.3 Å². The van der Waals surface area contributed by atoms with Crippen molar-refractivity contribution >= 4 is 18.0 Å². The maximum Gasteiger partial charge on any atom is 0.320 e. The van der Waals surface area contributed by atoms with Gasteiger partial charge in [-0.25, -0.2) is 4.39 Å². The fraction of sp³-hybridized carbons (Fsp3) is 0.375. The minimum atomic E-state index is -0.901. The molecular formula is C16H19FO4. The van der Waals surface area contributed by atoms with E-state index < -0.39 is 17.9 Å². The highest BCUT2D eigenvalue weighted by Gasteiger charge is 2.27. The van der Waals surface area contributed by atoms with Crippen molar-refractivity contribution in [1.29, 1.82) is 0 Å². The quantitative estimate of drug-likeness (QED) is 0.441. The summed E-state index contributed by atoms with van der Waals surface area (Å²) in [6, 6.07) is 6.46. The molecule has 114 valence electrons. The number of esters is 2. The molecule has 0 amide bonds. The summed E-state index contributed by atoms with van der Waals surface area (Å²) in [7, 11) is 2.46. The number of benzene rings is 1. The molecule has 0 aliphatic carbocycles. The molecule has 0 heterocycles. The fourth-order valence-electron chi connectivity index (χ4n) is 1.88. The van der Waals surface area contributed by atoms with E-state index in [9.17, 15) is 14.0 Å². The van der Waals surface area contributed by atoms with Crippen LogP contribution in [0.25, 0.3) is 6.08 Å². The second-order valence-electron chi connectivity index (χ2n) is 4.45. The van der Waals surface area contributed by atoms with Gasteiger partial charge < -0.3 is 9.47 Å². The van der Waals surface area contributed by atoms with Crippen LogP contribution in [0, 0.1) is 11.7 Å². The largest absolute Gasteiger partial charge is 0.468 e. The molecule has 1 aromatic carbocycles. The van der Waals surface area contributed by atoms with Gasteiger partial charge in [0.05, 0.1) is 14.2 Å². The summed E-state index contributed by atoms with van der Waals surface area (Å²) in [6.07, 6.45) is 5.05. The number of carbonyl (C=O) groups is 2. The number of halogens is 1. The Bertz CT molecular complexity index is 495. The molecule has 0 aromatic heterocycles. The number of ether oxygens (including phenoxy) is 2. The monoisotopic (exact) mass is 294 g/mol. The van der Waals surface area contributed by atoms with E-state index in [2.05, 4.69) is 9.47 Å². The van der Waals surface area contributed by atoms with Crippen LogP contribution < -0.4 is 0 Å². The van der Waals surface area contributed by atoms with E-state index in [0.717, 1.165) is 0 Å². The zero-order chi connectivity index (χ0) is 15.7. The van der Waals surface area contributed by atoms with Crippen LogP contribution in [0.5, 0.6) is 0 Å². The van der Waals surface area contributed by atoms with Crippen LogP contribution in [0.4, 0.5) is 4.39 Å². The molecule has 4 nitrogen and oxygen atoms in total. The van der Waals surface area contributed by atoms with Crippen LogP contribution in [-0.2, 0) is 19.1 Å². The molecule has 0 bridgehead atoms. The summed E-state index contributed by atoms with van der Waals surface area (Å²) >= 11 is 0. The molecule has 1 rings (SSSR count). The van der Waals surface area contributed by atoms with Crippen LogP contribution in [0.1, 0.15) is 24.8 Å². The number of carbonyl (C=O) groups excluding carboxylic acids is 2. The van der Waals surface area contributed by atoms with Crippen molar-refractivity contribution in [2.45, 2.75) is 19.3 Å². The topological polar surface area (TPSA) is 52.6 Å². The molecule has 21 heavy (non-hydrogen) atoms. The predicted octanol–water partition coefficient (Wildman–Crippen LogP) is 2.97. The highest BCUT2D eigenvalue weighted by molar-refractivity contribution is 5.94. The zero-order valence-corrected chi connectivity index (χ0v) is 12.2. The van der Waals surface area contributed by atoms with E-state index in [1.807, 2.05) is 6.08 Å². The summed E-state index contributed by atoms with van der Waals surface area (Å²) in [5.41, 5.74) is 0.509. The zero-order valence-electron chi connectivity index (χ0n) is 12.2. The molecule has 5 heteroatoms. The third-order valence-electron chi connectivity index (χ3n) is 3.04. The van der Waals surface area contributed by atoms with Gasteiger partial charge in [-0.3, -0.25) is 9.59 Å². The number of hydrogen-bond donors (Lipinski definition) is 0. The van der Waals surface area contributed by atoms with Crippen LogP contribution in [0.15, 0.2) is 30.3 Å². The van der Waals surface area contributed by atoms with Crippen molar-refractivity contribution in [3.8, 4) is 0 Å². The number of methoxy groups -OCH3 is 2. The molecule has 0 radical (unpaired) electrons. The van der Waals surface area contributed by atoms with E-state index in [1.165, 1.54) is 20.3 Å². The van der Waals surface area contributed by atoms with Crippen molar-refractivity contribution in [3.63, 3.8) is 0 Å². The Labute approximate surface area is 123 Å². The normalized spacial score (nSPS) is 10.9. The standard InChI is InChI=1S/C16H19FO4/c1-20-15(18)13(16(19)21-2)10-5-3-4-8-12-9-6-7-11-14(12)17/h4,6-9,11,13H,3,5,10H2,1-2H3/b8-4+. The Morgan fingerprint density at radius 2 is 1.81 bits per heavy atom. The molecule has 0 spiro atoms. The molecular weight excluding hydrogens is 275 g/mol. The number of hydrogen-bond acceptors (Lipinski definition) is 4. The first kappa shape index (κ1) is 16.9. The summed E-state index contributed by atoms with van der Waals surface area (Å²) < 4.78 is 22.5. The number of rotatable bonds is 7. The number of unbranched alkanes of at least 4 members (excludes halogenated alkanes) is 1. The lowest BCUT2D eigenvalue weighted by atomic mass is 10.0. The van der Waals surface area contributed by atoms with Gasteiger partial charge in [0.15, 0.2) is 5.92 Å².